The van der Waals surface area contributed by atoms with Gasteiger partial charge in [0.25, 0.3) is 5.56 Å². The van der Waals surface area contributed by atoms with Crippen molar-refractivity contribution >= 4 is 11.0 Å². The van der Waals surface area contributed by atoms with Gasteiger partial charge in [-0.2, -0.15) is 0 Å². The number of fused-ring (bicyclic) bond motifs is 1. The predicted molar refractivity (Wildman–Crippen MR) is 41.3 cm³/mol. The van der Waals surface area contributed by atoms with Crippen molar-refractivity contribution in [1.29, 1.82) is 0 Å². The number of imidazole rings is 1. The first-order chi connectivity index (χ1) is 5.29. The molecule has 0 spiro atoms. The fourth-order valence-corrected chi connectivity index (χ4v) is 1.02. The Hall–Kier alpha value is -1.58. The van der Waals surface area contributed by atoms with Crippen LogP contribution in [-0.4, -0.2) is 14.5 Å². The number of nitrogens with one attached hydrogen (secondary N) is 1. The number of H-pyrrole nitrogens is 1. The van der Waals surface area contributed by atoms with Crippen LogP contribution in [0.5, 0.6) is 0 Å². The van der Waals surface area contributed by atoms with Crippen LogP contribution in [0.2, 0.25) is 0 Å². The third-order valence-corrected chi connectivity index (χ3v) is 1.66. The number of hydrogen-bond acceptors (Lipinski definition) is 2. The number of aromatic amines is 1. The van der Waals surface area contributed by atoms with Crippen LogP contribution >= 0.6 is 0 Å². The minimum Gasteiger partial charge on any atom is -0.344 e. The van der Waals surface area contributed by atoms with Gasteiger partial charge in [-0.1, -0.05) is 0 Å². The Bertz CT molecular complexity index is 440. The zero-order valence-corrected chi connectivity index (χ0v) is 6.03. The molecule has 1 N–H and O–H groups in total. The lowest BCUT2D eigenvalue weighted by molar-refractivity contribution is 0.870. The summed E-state index contributed by atoms with van der Waals surface area (Å²) in [5.41, 5.74) is 1.21. The van der Waals surface area contributed by atoms with E-state index in [1.165, 1.54) is 10.9 Å². The molecule has 2 aromatic heterocycles. The normalized spacial score (nSPS) is 10.6. The van der Waals surface area contributed by atoms with E-state index in [4.69, 9.17) is 0 Å². The Labute approximate surface area is 62.5 Å². The van der Waals surface area contributed by atoms with Gasteiger partial charge in [0, 0.05) is 13.2 Å². The summed E-state index contributed by atoms with van der Waals surface area (Å²) in [6.45, 7) is 0. The van der Waals surface area contributed by atoms with Crippen LogP contribution < -0.4 is 5.56 Å². The van der Waals surface area contributed by atoms with Gasteiger partial charge < -0.3 is 9.55 Å². The summed E-state index contributed by atoms with van der Waals surface area (Å²) >= 11 is 0. The number of nitrogens with zero attached hydrogens (tertiary/aromatic N) is 2. The van der Waals surface area contributed by atoms with Crippen LogP contribution in [0, 0.1) is 0 Å². The summed E-state index contributed by atoms with van der Waals surface area (Å²) in [6, 6.07) is 1.82. The highest BCUT2D eigenvalue weighted by molar-refractivity contribution is 5.72. The van der Waals surface area contributed by atoms with Gasteiger partial charge in [-0.05, 0) is 6.07 Å². The smallest absolute Gasteiger partial charge is 0.278 e. The summed E-state index contributed by atoms with van der Waals surface area (Å²) in [4.78, 5) is 18.0. The second-order valence-corrected chi connectivity index (χ2v) is 2.40. The van der Waals surface area contributed by atoms with E-state index in [2.05, 4.69) is 9.97 Å². The first-order valence-corrected chi connectivity index (χ1v) is 3.28. The van der Waals surface area contributed by atoms with Gasteiger partial charge in [0.15, 0.2) is 5.52 Å². The minimum atomic E-state index is -0.0660. The molecule has 0 fully saturated rings. The Morgan fingerprint density at radius 2 is 2.45 bits per heavy atom. The largest absolute Gasteiger partial charge is 0.344 e. The molecule has 0 aliphatic heterocycles. The Balaban J connectivity index is 3.05. The average molecular weight is 149 g/mol. The third-order valence-electron chi connectivity index (χ3n) is 1.66. The molecule has 4 nitrogen and oxygen atoms in total. The molecule has 0 saturated heterocycles. The molecule has 0 aromatic carbocycles. The van der Waals surface area contributed by atoms with Crippen molar-refractivity contribution in [2.45, 2.75) is 0 Å². The second kappa shape index (κ2) is 1.95. The SMILES string of the molecule is Cn1ccc2[nH]cnc2c1=O. The van der Waals surface area contributed by atoms with Gasteiger partial charge >= 0.3 is 0 Å². The molecular weight excluding hydrogens is 142 g/mol. The Morgan fingerprint density at radius 3 is 3.27 bits per heavy atom. The summed E-state index contributed by atoms with van der Waals surface area (Å²) in [5, 5.41) is 0. The van der Waals surface area contributed by atoms with Crippen LogP contribution in [-0.2, 0) is 7.05 Å². The highest BCUT2D eigenvalue weighted by Crippen LogP contribution is 2.00. The lowest BCUT2D eigenvalue weighted by Crippen LogP contribution is -2.15. The molecule has 4 heteroatoms. The third kappa shape index (κ3) is 0.756. The fourth-order valence-electron chi connectivity index (χ4n) is 1.02. The average Bonchev–Trinajstić information content (AvgIpc) is 2.45. The summed E-state index contributed by atoms with van der Waals surface area (Å²) in [6.07, 6.45) is 3.23. The minimum absolute atomic E-state index is 0.0660. The number of aromatic nitrogens is 3. The van der Waals surface area contributed by atoms with E-state index in [-0.39, 0.29) is 5.56 Å². The van der Waals surface area contributed by atoms with E-state index < -0.39 is 0 Å². The van der Waals surface area contributed by atoms with E-state index in [9.17, 15) is 4.79 Å². The first-order valence-electron chi connectivity index (χ1n) is 3.28. The molecule has 0 radical (unpaired) electrons. The number of rotatable bonds is 0. The molecule has 0 bridgehead atoms. The van der Waals surface area contributed by atoms with E-state index in [1.54, 1.807) is 13.2 Å². The Kier molecular flexibility index (Phi) is 1.09. The number of hydrogen-bond donors (Lipinski definition) is 1. The summed E-state index contributed by atoms with van der Waals surface area (Å²) in [7, 11) is 1.70. The van der Waals surface area contributed by atoms with Crippen molar-refractivity contribution < 1.29 is 0 Å². The molecule has 0 amide bonds. The van der Waals surface area contributed by atoms with Crippen LogP contribution in [0.4, 0.5) is 0 Å². The van der Waals surface area contributed by atoms with Crippen molar-refractivity contribution in [2.75, 3.05) is 0 Å². The van der Waals surface area contributed by atoms with Crippen molar-refractivity contribution in [3.8, 4) is 0 Å². The van der Waals surface area contributed by atoms with E-state index >= 15 is 0 Å². The standard InChI is InChI=1S/C7H7N3O/c1-10-3-2-5-6(7(10)11)9-4-8-5/h2-4H,1H3,(H,8,9). The van der Waals surface area contributed by atoms with Crippen molar-refractivity contribution in [3.63, 3.8) is 0 Å². The maximum Gasteiger partial charge on any atom is 0.278 e. The molecule has 2 aromatic rings. The molecule has 56 valence electrons. The lowest BCUT2D eigenvalue weighted by Gasteiger charge is -1.93. The molecule has 0 aliphatic carbocycles. The van der Waals surface area contributed by atoms with Gasteiger partial charge in [0.2, 0.25) is 0 Å². The monoisotopic (exact) mass is 149 g/mol. The Morgan fingerprint density at radius 1 is 1.64 bits per heavy atom. The van der Waals surface area contributed by atoms with E-state index in [1.807, 2.05) is 6.07 Å². The molecule has 0 unspecified atom stereocenters. The van der Waals surface area contributed by atoms with Gasteiger partial charge in [-0.3, -0.25) is 4.79 Å². The topological polar surface area (TPSA) is 50.7 Å². The zero-order valence-electron chi connectivity index (χ0n) is 6.03. The fraction of sp³-hybridized carbons (Fsp3) is 0.143. The van der Waals surface area contributed by atoms with Crippen molar-refractivity contribution in [1.82, 2.24) is 14.5 Å². The zero-order chi connectivity index (χ0) is 7.84. The van der Waals surface area contributed by atoms with Crippen molar-refractivity contribution in [3.05, 3.63) is 28.9 Å². The molecule has 2 heterocycles. The summed E-state index contributed by atoms with van der Waals surface area (Å²) in [5.74, 6) is 0. The van der Waals surface area contributed by atoms with Gasteiger partial charge in [-0.25, -0.2) is 4.98 Å². The first kappa shape index (κ1) is 6.15. The van der Waals surface area contributed by atoms with Crippen molar-refractivity contribution in [2.24, 2.45) is 7.05 Å². The van der Waals surface area contributed by atoms with Gasteiger partial charge in [0.1, 0.15) is 0 Å². The maximum atomic E-state index is 11.3. The molecule has 2 rings (SSSR count). The molecule has 11 heavy (non-hydrogen) atoms. The number of aryl methyl sites for hydroxylation is 1. The van der Waals surface area contributed by atoms with Crippen LogP contribution in [0.1, 0.15) is 0 Å². The molecule has 0 saturated carbocycles. The van der Waals surface area contributed by atoms with E-state index in [0.717, 1.165) is 5.52 Å². The maximum absolute atomic E-state index is 11.3. The molecular formula is C7H7N3O. The highest BCUT2D eigenvalue weighted by atomic mass is 16.1. The quantitative estimate of drug-likeness (QED) is 0.584. The molecule has 0 aliphatic rings. The number of pyridine rings is 1. The molecule has 0 atom stereocenters. The lowest BCUT2D eigenvalue weighted by atomic mass is 10.4. The van der Waals surface area contributed by atoms with E-state index in [0.29, 0.717) is 5.52 Å². The predicted octanol–water partition coefficient (Wildman–Crippen LogP) is 0.262. The van der Waals surface area contributed by atoms with Crippen LogP contribution in [0.25, 0.3) is 11.0 Å². The summed E-state index contributed by atoms with van der Waals surface area (Å²) < 4.78 is 1.50. The van der Waals surface area contributed by atoms with Gasteiger partial charge in [-0.15, -0.1) is 0 Å². The van der Waals surface area contributed by atoms with Gasteiger partial charge in [0.05, 0.1) is 11.8 Å². The highest BCUT2D eigenvalue weighted by Gasteiger charge is 2.00. The van der Waals surface area contributed by atoms with Crippen LogP contribution in [0.15, 0.2) is 23.4 Å². The van der Waals surface area contributed by atoms with Crippen LogP contribution in [0.3, 0.4) is 0 Å². The second-order valence-electron chi connectivity index (χ2n) is 2.40.